The number of hydrogen-bond donors (Lipinski definition) is 0. The lowest BCUT2D eigenvalue weighted by molar-refractivity contribution is 0.669. The van der Waals surface area contributed by atoms with Crippen LogP contribution < -0.4 is 0 Å². The molecule has 0 aliphatic carbocycles. The molecule has 0 amide bonds. The SMILES string of the molecule is Clc1cc2oc3ccccc3c2cc1Br. The molecule has 0 saturated heterocycles. The molecular formula is C12H6BrClO. The van der Waals surface area contributed by atoms with E-state index in [9.17, 15) is 0 Å². The van der Waals surface area contributed by atoms with Gasteiger partial charge in [-0.25, -0.2) is 0 Å². The molecule has 0 aliphatic rings. The van der Waals surface area contributed by atoms with Crippen LogP contribution >= 0.6 is 27.5 Å². The van der Waals surface area contributed by atoms with Crippen molar-refractivity contribution in [2.75, 3.05) is 0 Å². The first-order valence-corrected chi connectivity index (χ1v) is 5.69. The van der Waals surface area contributed by atoms with E-state index in [1.165, 1.54) is 0 Å². The Morgan fingerprint density at radius 1 is 1.00 bits per heavy atom. The summed E-state index contributed by atoms with van der Waals surface area (Å²) in [4.78, 5) is 0. The fourth-order valence-electron chi connectivity index (χ4n) is 1.72. The van der Waals surface area contributed by atoms with E-state index in [1.54, 1.807) is 0 Å². The van der Waals surface area contributed by atoms with Gasteiger partial charge in [0.1, 0.15) is 11.2 Å². The number of rotatable bonds is 0. The second-order valence-electron chi connectivity index (χ2n) is 3.36. The molecule has 0 saturated carbocycles. The van der Waals surface area contributed by atoms with E-state index in [2.05, 4.69) is 15.9 Å². The van der Waals surface area contributed by atoms with E-state index in [1.807, 2.05) is 36.4 Å². The minimum atomic E-state index is 0.668. The molecule has 0 atom stereocenters. The summed E-state index contributed by atoms with van der Waals surface area (Å²) in [5.74, 6) is 0. The van der Waals surface area contributed by atoms with Crippen LogP contribution in [0.15, 0.2) is 45.3 Å². The van der Waals surface area contributed by atoms with E-state index in [0.717, 1.165) is 26.4 Å². The summed E-state index contributed by atoms with van der Waals surface area (Å²) in [6.45, 7) is 0. The van der Waals surface area contributed by atoms with Gasteiger partial charge in [0.25, 0.3) is 0 Å². The van der Waals surface area contributed by atoms with Crippen LogP contribution in [0, 0.1) is 0 Å². The summed E-state index contributed by atoms with van der Waals surface area (Å²) >= 11 is 9.42. The molecule has 0 fully saturated rings. The lowest BCUT2D eigenvalue weighted by Gasteiger charge is -1.94. The number of furan rings is 1. The maximum atomic E-state index is 6.01. The third-order valence-corrected chi connectivity index (χ3v) is 3.62. The molecule has 0 unspecified atom stereocenters. The van der Waals surface area contributed by atoms with Crippen molar-refractivity contribution in [2.45, 2.75) is 0 Å². The zero-order valence-corrected chi connectivity index (χ0v) is 9.97. The van der Waals surface area contributed by atoms with Gasteiger partial charge in [0, 0.05) is 21.3 Å². The highest BCUT2D eigenvalue weighted by molar-refractivity contribution is 9.10. The second-order valence-corrected chi connectivity index (χ2v) is 4.62. The summed E-state index contributed by atoms with van der Waals surface area (Å²) in [6.07, 6.45) is 0. The fraction of sp³-hybridized carbons (Fsp3) is 0. The minimum Gasteiger partial charge on any atom is -0.456 e. The Bertz CT molecular complexity index is 657. The van der Waals surface area contributed by atoms with Crippen LogP contribution in [0.3, 0.4) is 0 Å². The highest BCUT2D eigenvalue weighted by atomic mass is 79.9. The summed E-state index contributed by atoms with van der Waals surface area (Å²) < 4.78 is 6.57. The quantitative estimate of drug-likeness (QED) is 0.565. The smallest absolute Gasteiger partial charge is 0.136 e. The highest BCUT2D eigenvalue weighted by Gasteiger charge is 2.08. The number of hydrogen-bond acceptors (Lipinski definition) is 1. The molecule has 0 spiro atoms. The molecular weight excluding hydrogens is 275 g/mol. The van der Waals surface area contributed by atoms with E-state index < -0.39 is 0 Å². The van der Waals surface area contributed by atoms with Crippen molar-refractivity contribution >= 4 is 49.5 Å². The lowest BCUT2D eigenvalue weighted by Crippen LogP contribution is -1.69. The van der Waals surface area contributed by atoms with Gasteiger partial charge in [-0.05, 0) is 28.1 Å². The lowest BCUT2D eigenvalue weighted by atomic mass is 10.1. The van der Waals surface area contributed by atoms with Gasteiger partial charge in [0.15, 0.2) is 0 Å². The molecule has 0 bridgehead atoms. The predicted molar refractivity (Wildman–Crippen MR) is 66.4 cm³/mol. The summed E-state index contributed by atoms with van der Waals surface area (Å²) in [5, 5.41) is 2.87. The van der Waals surface area contributed by atoms with E-state index in [0.29, 0.717) is 5.02 Å². The van der Waals surface area contributed by atoms with Crippen molar-refractivity contribution in [1.29, 1.82) is 0 Å². The van der Waals surface area contributed by atoms with Gasteiger partial charge in [-0.2, -0.15) is 0 Å². The summed E-state index contributed by atoms with van der Waals surface area (Å²) in [5.41, 5.74) is 1.71. The molecule has 74 valence electrons. The molecule has 15 heavy (non-hydrogen) atoms. The van der Waals surface area contributed by atoms with E-state index >= 15 is 0 Å². The van der Waals surface area contributed by atoms with Gasteiger partial charge >= 0.3 is 0 Å². The Labute approximate surface area is 99.8 Å². The number of benzene rings is 2. The average molecular weight is 282 g/mol. The molecule has 1 aromatic heterocycles. The van der Waals surface area contributed by atoms with Crippen molar-refractivity contribution in [3.8, 4) is 0 Å². The molecule has 0 N–H and O–H groups in total. The molecule has 0 radical (unpaired) electrons. The van der Waals surface area contributed by atoms with Crippen LogP contribution in [0.4, 0.5) is 0 Å². The zero-order valence-electron chi connectivity index (χ0n) is 7.63. The minimum absolute atomic E-state index is 0.668. The van der Waals surface area contributed by atoms with Crippen LogP contribution in [0.25, 0.3) is 21.9 Å². The Balaban J connectivity index is 2.56. The summed E-state index contributed by atoms with van der Waals surface area (Å²) in [7, 11) is 0. The number of para-hydroxylation sites is 1. The van der Waals surface area contributed by atoms with E-state index in [-0.39, 0.29) is 0 Å². The van der Waals surface area contributed by atoms with Crippen molar-refractivity contribution < 1.29 is 4.42 Å². The van der Waals surface area contributed by atoms with Crippen LogP contribution in [0.2, 0.25) is 5.02 Å². The van der Waals surface area contributed by atoms with Crippen LogP contribution in [-0.4, -0.2) is 0 Å². The molecule has 3 aromatic rings. The molecule has 3 rings (SSSR count). The van der Waals surface area contributed by atoms with Gasteiger partial charge in [0.05, 0.1) is 5.02 Å². The third-order valence-electron chi connectivity index (χ3n) is 2.42. The maximum absolute atomic E-state index is 6.01. The molecule has 1 heterocycles. The monoisotopic (exact) mass is 280 g/mol. The predicted octanol–water partition coefficient (Wildman–Crippen LogP) is 5.00. The van der Waals surface area contributed by atoms with Crippen molar-refractivity contribution in [3.05, 3.63) is 45.9 Å². The Morgan fingerprint density at radius 2 is 1.80 bits per heavy atom. The normalized spacial score (nSPS) is 11.3. The van der Waals surface area contributed by atoms with Crippen molar-refractivity contribution in [3.63, 3.8) is 0 Å². The standard InChI is InChI=1S/C12H6BrClO/c13-9-5-8-7-3-1-2-4-11(7)15-12(8)6-10(9)14/h1-6H. The second kappa shape index (κ2) is 3.26. The Kier molecular flexibility index (Phi) is 2.01. The molecule has 2 aromatic carbocycles. The van der Waals surface area contributed by atoms with Gasteiger partial charge in [0.2, 0.25) is 0 Å². The Hall–Kier alpha value is -0.990. The van der Waals surface area contributed by atoms with Crippen LogP contribution in [0.1, 0.15) is 0 Å². The first kappa shape index (κ1) is 9.25. The van der Waals surface area contributed by atoms with Gasteiger partial charge in [-0.3, -0.25) is 0 Å². The zero-order chi connectivity index (χ0) is 10.4. The van der Waals surface area contributed by atoms with Crippen LogP contribution in [0.5, 0.6) is 0 Å². The summed E-state index contributed by atoms with van der Waals surface area (Å²) in [6, 6.07) is 11.8. The highest BCUT2D eigenvalue weighted by Crippen LogP contribution is 2.34. The van der Waals surface area contributed by atoms with Crippen molar-refractivity contribution in [1.82, 2.24) is 0 Å². The Morgan fingerprint density at radius 3 is 2.67 bits per heavy atom. The number of fused-ring (bicyclic) bond motifs is 3. The van der Waals surface area contributed by atoms with Crippen molar-refractivity contribution in [2.24, 2.45) is 0 Å². The first-order valence-electron chi connectivity index (χ1n) is 4.52. The van der Waals surface area contributed by atoms with E-state index in [4.69, 9.17) is 16.0 Å². The molecule has 3 heteroatoms. The van der Waals surface area contributed by atoms with Crippen LogP contribution in [-0.2, 0) is 0 Å². The average Bonchev–Trinajstić information content (AvgIpc) is 2.57. The fourth-order valence-corrected chi connectivity index (χ4v) is 2.22. The maximum Gasteiger partial charge on any atom is 0.136 e. The van der Waals surface area contributed by atoms with Gasteiger partial charge in [-0.15, -0.1) is 0 Å². The molecule has 1 nitrogen and oxygen atoms in total. The van der Waals surface area contributed by atoms with Gasteiger partial charge < -0.3 is 4.42 Å². The third kappa shape index (κ3) is 1.36. The first-order chi connectivity index (χ1) is 7.25. The topological polar surface area (TPSA) is 13.1 Å². The van der Waals surface area contributed by atoms with Gasteiger partial charge in [-0.1, -0.05) is 29.8 Å². The largest absolute Gasteiger partial charge is 0.456 e. The number of halogens is 2. The molecule has 0 aliphatic heterocycles.